The van der Waals surface area contributed by atoms with Gasteiger partial charge in [0.15, 0.2) is 5.78 Å². The van der Waals surface area contributed by atoms with Crippen molar-refractivity contribution in [2.45, 2.75) is 49.4 Å². The minimum atomic E-state index is -4.43. The lowest BCUT2D eigenvalue weighted by Crippen LogP contribution is -2.40. The number of nitrogens with zero attached hydrogens (tertiary/aromatic N) is 1. The summed E-state index contributed by atoms with van der Waals surface area (Å²) in [6, 6.07) is 15.6. The maximum absolute atomic E-state index is 13.2. The lowest BCUT2D eigenvalue weighted by molar-refractivity contribution is -0.137. The van der Waals surface area contributed by atoms with Gasteiger partial charge in [0.1, 0.15) is 18.2 Å². The molecule has 1 atom stereocenters. The van der Waals surface area contributed by atoms with Crippen LogP contribution in [-0.4, -0.2) is 31.1 Å². The quantitative estimate of drug-likeness (QED) is 0.326. The Bertz CT molecular complexity index is 1360. The molecular weight excluding hydrogens is 510 g/mol. The zero-order valence-corrected chi connectivity index (χ0v) is 20.6. The van der Waals surface area contributed by atoms with E-state index >= 15 is 0 Å². The molecule has 196 valence electrons. The first-order chi connectivity index (χ1) is 17.5. The van der Waals surface area contributed by atoms with Crippen LogP contribution in [0.2, 0.25) is 0 Å². The number of Topliss-reactive ketones (excluding diaryl/α,β-unsaturated/α-hetero) is 1. The van der Waals surface area contributed by atoms with Crippen LogP contribution >= 0.6 is 0 Å². The number of rotatable bonds is 9. The normalized spacial score (nSPS) is 16.6. The standard InChI is InChI=1S/C27H25F4NO4S/c28-22-10-12-24(13-11-22)37(34,35)32-15-3-8-25(32)26(33)14-9-19-4-2-7-23(17-19)36-18-20-5-1-6-21(16-20)27(29,30)31/h1-2,4-7,10-13,16-17,25H,3,8-9,14-15,18H2/t25-/m0/s1. The van der Waals surface area contributed by atoms with Gasteiger partial charge in [0.05, 0.1) is 16.5 Å². The number of alkyl halides is 3. The molecule has 0 aliphatic carbocycles. The van der Waals surface area contributed by atoms with Crippen molar-refractivity contribution in [2.75, 3.05) is 6.54 Å². The van der Waals surface area contributed by atoms with Crippen LogP contribution in [0.4, 0.5) is 17.6 Å². The topological polar surface area (TPSA) is 63.7 Å². The van der Waals surface area contributed by atoms with Crippen molar-refractivity contribution in [1.29, 1.82) is 0 Å². The zero-order valence-electron chi connectivity index (χ0n) is 19.7. The first kappa shape index (κ1) is 26.8. The Morgan fingerprint density at radius 1 is 0.973 bits per heavy atom. The highest BCUT2D eigenvalue weighted by molar-refractivity contribution is 7.89. The van der Waals surface area contributed by atoms with E-state index in [1.54, 1.807) is 30.3 Å². The van der Waals surface area contributed by atoms with Gasteiger partial charge in [0.2, 0.25) is 10.0 Å². The van der Waals surface area contributed by atoms with Crippen LogP contribution in [0, 0.1) is 5.82 Å². The molecule has 0 bridgehead atoms. The van der Waals surface area contributed by atoms with E-state index < -0.39 is 33.6 Å². The fourth-order valence-corrected chi connectivity index (χ4v) is 6.00. The van der Waals surface area contributed by atoms with Crippen molar-refractivity contribution in [3.8, 4) is 5.75 Å². The third-order valence-electron chi connectivity index (χ3n) is 6.21. The molecule has 0 unspecified atom stereocenters. The Morgan fingerprint density at radius 2 is 1.68 bits per heavy atom. The van der Waals surface area contributed by atoms with Gasteiger partial charge in [0.25, 0.3) is 0 Å². The molecule has 0 amide bonds. The fraction of sp³-hybridized carbons (Fsp3) is 0.296. The number of ether oxygens (including phenoxy) is 1. The van der Waals surface area contributed by atoms with Gasteiger partial charge in [-0.05, 0) is 78.9 Å². The predicted molar refractivity (Wildman–Crippen MR) is 129 cm³/mol. The Labute approximate surface area is 212 Å². The van der Waals surface area contributed by atoms with Gasteiger partial charge in [0, 0.05) is 13.0 Å². The van der Waals surface area contributed by atoms with E-state index in [0.717, 1.165) is 29.8 Å². The Kier molecular flexibility index (Phi) is 7.99. The number of carbonyl (C=O) groups excluding carboxylic acids is 1. The van der Waals surface area contributed by atoms with Gasteiger partial charge in [-0.3, -0.25) is 4.79 Å². The molecule has 0 aromatic heterocycles. The van der Waals surface area contributed by atoms with Crippen LogP contribution in [0.5, 0.6) is 5.75 Å². The van der Waals surface area contributed by atoms with E-state index in [1.165, 1.54) is 22.5 Å². The highest BCUT2D eigenvalue weighted by atomic mass is 32.2. The summed E-state index contributed by atoms with van der Waals surface area (Å²) in [6.45, 7) is 0.166. The van der Waals surface area contributed by atoms with Crippen molar-refractivity contribution in [3.05, 3.63) is 95.3 Å². The van der Waals surface area contributed by atoms with Gasteiger partial charge in [-0.2, -0.15) is 17.5 Å². The minimum Gasteiger partial charge on any atom is -0.489 e. The van der Waals surface area contributed by atoms with E-state index in [1.807, 2.05) is 0 Å². The third kappa shape index (κ3) is 6.56. The molecule has 1 fully saturated rings. The lowest BCUT2D eigenvalue weighted by atomic mass is 10.0. The Morgan fingerprint density at radius 3 is 2.41 bits per heavy atom. The molecule has 3 aromatic rings. The zero-order chi connectivity index (χ0) is 26.6. The van der Waals surface area contributed by atoms with Crippen LogP contribution in [0.25, 0.3) is 0 Å². The summed E-state index contributed by atoms with van der Waals surface area (Å²) in [5, 5.41) is 0. The second-order valence-electron chi connectivity index (χ2n) is 8.83. The third-order valence-corrected chi connectivity index (χ3v) is 8.14. The average Bonchev–Trinajstić information content (AvgIpc) is 3.38. The summed E-state index contributed by atoms with van der Waals surface area (Å²) >= 11 is 0. The Hall–Kier alpha value is -3.24. The summed E-state index contributed by atoms with van der Waals surface area (Å²) in [6.07, 6.45) is -3.01. The summed E-state index contributed by atoms with van der Waals surface area (Å²) in [4.78, 5) is 12.9. The highest BCUT2D eigenvalue weighted by Gasteiger charge is 2.38. The van der Waals surface area contributed by atoms with Gasteiger partial charge < -0.3 is 4.74 Å². The first-order valence-electron chi connectivity index (χ1n) is 11.7. The van der Waals surface area contributed by atoms with Crippen LogP contribution in [-0.2, 0) is 34.0 Å². The molecule has 0 radical (unpaired) electrons. The second-order valence-corrected chi connectivity index (χ2v) is 10.7. The largest absolute Gasteiger partial charge is 0.489 e. The van der Waals surface area contributed by atoms with Gasteiger partial charge in [-0.1, -0.05) is 24.3 Å². The van der Waals surface area contributed by atoms with Crippen LogP contribution in [0.3, 0.4) is 0 Å². The van der Waals surface area contributed by atoms with Gasteiger partial charge >= 0.3 is 6.18 Å². The maximum atomic E-state index is 13.2. The molecule has 1 aliphatic rings. The summed E-state index contributed by atoms with van der Waals surface area (Å²) < 4.78 is 84.9. The van der Waals surface area contributed by atoms with Crippen molar-refractivity contribution in [3.63, 3.8) is 0 Å². The number of aryl methyl sites for hydroxylation is 1. The molecule has 5 nitrogen and oxygen atoms in total. The molecule has 4 rings (SSSR count). The molecular formula is C27H25F4NO4S. The van der Waals surface area contributed by atoms with E-state index in [0.29, 0.717) is 30.6 Å². The van der Waals surface area contributed by atoms with Crippen LogP contribution in [0.1, 0.15) is 36.0 Å². The summed E-state index contributed by atoms with van der Waals surface area (Å²) in [5.41, 5.74) is 0.406. The van der Waals surface area contributed by atoms with Crippen molar-refractivity contribution in [1.82, 2.24) is 4.31 Å². The fourth-order valence-electron chi connectivity index (χ4n) is 4.32. The minimum absolute atomic E-state index is 0.0510. The summed E-state index contributed by atoms with van der Waals surface area (Å²) in [7, 11) is -3.93. The van der Waals surface area contributed by atoms with E-state index in [9.17, 15) is 30.8 Å². The van der Waals surface area contributed by atoms with E-state index in [-0.39, 0.29) is 30.3 Å². The van der Waals surface area contributed by atoms with E-state index in [4.69, 9.17) is 4.74 Å². The number of hydrogen-bond donors (Lipinski definition) is 0. The lowest BCUT2D eigenvalue weighted by Gasteiger charge is -2.23. The molecule has 0 spiro atoms. The number of carbonyl (C=O) groups is 1. The second kappa shape index (κ2) is 11.0. The number of ketones is 1. The molecule has 0 saturated carbocycles. The molecule has 1 heterocycles. The van der Waals surface area contributed by atoms with E-state index in [2.05, 4.69) is 0 Å². The van der Waals surface area contributed by atoms with Gasteiger partial charge in [-0.25, -0.2) is 12.8 Å². The molecule has 3 aromatic carbocycles. The highest BCUT2D eigenvalue weighted by Crippen LogP contribution is 2.30. The molecule has 10 heteroatoms. The summed E-state index contributed by atoms with van der Waals surface area (Å²) in [5.74, 6) is -0.309. The monoisotopic (exact) mass is 535 g/mol. The molecule has 1 saturated heterocycles. The SMILES string of the molecule is O=C(CCc1cccc(OCc2cccc(C(F)(F)F)c2)c1)[C@@H]1CCCN1S(=O)(=O)c1ccc(F)cc1. The van der Waals surface area contributed by atoms with Crippen LogP contribution in [0.15, 0.2) is 77.7 Å². The number of halogens is 4. The smallest absolute Gasteiger partial charge is 0.416 e. The van der Waals surface area contributed by atoms with Crippen molar-refractivity contribution >= 4 is 15.8 Å². The van der Waals surface area contributed by atoms with Crippen LogP contribution < -0.4 is 4.74 Å². The number of sulfonamides is 1. The van der Waals surface area contributed by atoms with Gasteiger partial charge in [-0.15, -0.1) is 0 Å². The molecule has 1 aliphatic heterocycles. The molecule has 0 N–H and O–H groups in total. The van der Waals surface area contributed by atoms with Crippen molar-refractivity contribution < 1.29 is 35.5 Å². The maximum Gasteiger partial charge on any atom is 0.416 e. The first-order valence-corrected chi connectivity index (χ1v) is 13.2. The van der Waals surface area contributed by atoms with Crippen molar-refractivity contribution in [2.24, 2.45) is 0 Å². The number of hydrogen-bond acceptors (Lipinski definition) is 4. The number of benzene rings is 3. The predicted octanol–water partition coefficient (Wildman–Crippen LogP) is 5.78. The Balaban J connectivity index is 1.36. The average molecular weight is 536 g/mol. The molecule has 37 heavy (non-hydrogen) atoms.